The van der Waals surface area contributed by atoms with E-state index in [4.69, 9.17) is 4.74 Å². The topological polar surface area (TPSA) is 71.5 Å². The lowest BCUT2D eigenvalue weighted by Gasteiger charge is -2.28. The van der Waals surface area contributed by atoms with E-state index < -0.39 is 5.60 Å². The van der Waals surface area contributed by atoms with Crippen molar-refractivity contribution >= 4 is 23.3 Å². The Morgan fingerprint density at radius 1 is 1.48 bits per heavy atom. The number of nitrogens with zero attached hydrogens (tertiary/aromatic N) is 2. The standard InChI is InChI=1S/C14H23N3O3S/c1-10(17(5)13(19)20-14(2,3)4)6-7-15-12(18)11-8-21-9-16-11/h8-10H,6-7H2,1-5H3,(H,15,18). The normalized spacial score (nSPS) is 12.6. The number of thiazole rings is 1. The highest BCUT2D eigenvalue weighted by molar-refractivity contribution is 7.07. The summed E-state index contributed by atoms with van der Waals surface area (Å²) >= 11 is 1.38. The van der Waals surface area contributed by atoms with Gasteiger partial charge in [0.1, 0.15) is 11.3 Å². The summed E-state index contributed by atoms with van der Waals surface area (Å²) in [6.07, 6.45) is 0.284. The Morgan fingerprint density at radius 3 is 2.67 bits per heavy atom. The van der Waals surface area contributed by atoms with E-state index in [1.807, 2.05) is 27.7 Å². The van der Waals surface area contributed by atoms with Gasteiger partial charge in [-0.05, 0) is 34.1 Å². The van der Waals surface area contributed by atoms with Gasteiger partial charge in [0.15, 0.2) is 0 Å². The molecule has 21 heavy (non-hydrogen) atoms. The van der Waals surface area contributed by atoms with Gasteiger partial charge in [-0.2, -0.15) is 0 Å². The molecule has 7 heteroatoms. The highest BCUT2D eigenvalue weighted by Crippen LogP contribution is 2.11. The van der Waals surface area contributed by atoms with Crippen molar-refractivity contribution < 1.29 is 14.3 Å². The minimum atomic E-state index is -0.510. The third-order valence-corrected chi connectivity index (χ3v) is 3.44. The Bertz CT molecular complexity index is 468. The van der Waals surface area contributed by atoms with Crippen LogP contribution >= 0.6 is 11.3 Å². The molecule has 0 aliphatic heterocycles. The maximum absolute atomic E-state index is 11.9. The van der Waals surface area contributed by atoms with Crippen molar-refractivity contribution in [2.45, 2.75) is 45.8 Å². The van der Waals surface area contributed by atoms with Crippen molar-refractivity contribution in [1.29, 1.82) is 0 Å². The van der Waals surface area contributed by atoms with Crippen LogP contribution in [0.5, 0.6) is 0 Å². The molecule has 0 aromatic carbocycles. The molecule has 1 aromatic rings. The first kappa shape index (κ1) is 17.4. The molecule has 6 nitrogen and oxygen atoms in total. The van der Waals surface area contributed by atoms with Crippen LogP contribution in [0.25, 0.3) is 0 Å². The molecule has 0 saturated carbocycles. The third kappa shape index (κ3) is 6.12. The summed E-state index contributed by atoms with van der Waals surface area (Å²) in [6.45, 7) is 7.88. The van der Waals surface area contributed by atoms with Crippen molar-refractivity contribution in [3.63, 3.8) is 0 Å². The lowest BCUT2D eigenvalue weighted by atomic mass is 10.2. The fourth-order valence-electron chi connectivity index (χ4n) is 1.52. The molecule has 0 aliphatic rings. The fourth-order valence-corrected chi connectivity index (χ4v) is 2.05. The fraction of sp³-hybridized carbons (Fsp3) is 0.643. The molecular weight excluding hydrogens is 290 g/mol. The van der Waals surface area contributed by atoms with Crippen LogP contribution in [0, 0.1) is 0 Å². The molecule has 0 spiro atoms. The first-order valence-corrected chi connectivity index (χ1v) is 7.77. The molecule has 0 fully saturated rings. The number of aromatic nitrogens is 1. The van der Waals surface area contributed by atoms with Crippen molar-refractivity contribution in [3.8, 4) is 0 Å². The van der Waals surface area contributed by atoms with E-state index in [0.29, 0.717) is 18.7 Å². The van der Waals surface area contributed by atoms with Gasteiger partial charge in [0.2, 0.25) is 0 Å². The van der Waals surface area contributed by atoms with Crippen LogP contribution in [0.2, 0.25) is 0 Å². The monoisotopic (exact) mass is 313 g/mol. The number of carbonyl (C=O) groups is 2. The van der Waals surface area contributed by atoms with Gasteiger partial charge in [-0.3, -0.25) is 4.79 Å². The highest BCUT2D eigenvalue weighted by atomic mass is 32.1. The smallest absolute Gasteiger partial charge is 0.410 e. The summed E-state index contributed by atoms with van der Waals surface area (Å²) in [5, 5.41) is 4.48. The number of nitrogens with one attached hydrogen (secondary N) is 1. The number of hydrogen-bond acceptors (Lipinski definition) is 5. The van der Waals surface area contributed by atoms with Crippen LogP contribution in [0.15, 0.2) is 10.9 Å². The van der Waals surface area contributed by atoms with Gasteiger partial charge in [-0.1, -0.05) is 0 Å². The number of carbonyl (C=O) groups excluding carboxylic acids is 2. The van der Waals surface area contributed by atoms with Crippen molar-refractivity contribution in [3.05, 3.63) is 16.6 Å². The Labute approximate surface area is 129 Å². The summed E-state index contributed by atoms with van der Waals surface area (Å²) < 4.78 is 5.30. The average Bonchev–Trinajstić information content (AvgIpc) is 2.89. The van der Waals surface area contributed by atoms with E-state index in [-0.39, 0.29) is 18.0 Å². The zero-order chi connectivity index (χ0) is 16.0. The molecule has 1 unspecified atom stereocenters. The van der Waals surface area contributed by atoms with E-state index in [1.165, 1.54) is 11.3 Å². The first-order chi connectivity index (χ1) is 9.70. The quantitative estimate of drug-likeness (QED) is 0.906. The Morgan fingerprint density at radius 2 is 2.14 bits per heavy atom. The maximum atomic E-state index is 11.9. The molecule has 1 N–H and O–H groups in total. The summed E-state index contributed by atoms with van der Waals surface area (Å²) in [6, 6.07) is -0.0319. The Kier molecular flexibility index (Phi) is 6.14. The number of rotatable bonds is 5. The molecule has 0 radical (unpaired) electrons. The van der Waals surface area contributed by atoms with Crippen LogP contribution in [0.3, 0.4) is 0 Å². The minimum Gasteiger partial charge on any atom is -0.444 e. The maximum Gasteiger partial charge on any atom is 0.410 e. The van der Waals surface area contributed by atoms with Gasteiger partial charge >= 0.3 is 6.09 Å². The molecule has 0 bridgehead atoms. The largest absolute Gasteiger partial charge is 0.444 e. The van der Waals surface area contributed by atoms with Crippen LogP contribution in [0.1, 0.15) is 44.6 Å². The first-order valence-electron chi connectivity index (χ1n) is 6.83. The van der Waals surface area contributed by atoms with Crippen molar-refractivity contribution in [2.75, 3.05) is 13.6 Å². The molecule has 118 valence electrons. The SMILES string of the molecule is CC(CCNC(=O)c1cscn1)N(C)C(=O)OC(C)(C)C. The summed E-state index contributed by atoms with van der Waals surface area (Å²) in [5.41, 5.74) is 1.53. The highest BCUT2D eigenvalue weighted by Gasteiger charge is 2.22. The van der Waals surface area contributed by atoms with E-state index in [2.05, 4.69) is 10.3 Å². The predicted molar refractivity (Wildman–Crippen MR) is 82.5 cm³/mol. The van der Waals surface area contributed by atoms with Crippen molar-refractivity contribution in [2.24, 2.45) is 0 Å². The lowest BCUT2D eigenvalue weighted by Crippen LogP contribution is -2.41. The van der Waals surface area contributed by atoms with Crippen LogP contribution < -0.4 is 5.32 Å². The second kappa shape index (κ2) is 7.40. The van der Waals surface area contributed by atoms with Crippen LogP contribution in [-0.4, -0.2) is 47.1 Å². The van der Waals surface area contributed by atoms with E-state index >= 15 is 0 Å². The summed E-state index contributed by atoms with van der Waals surface area (Å²) in [5.74, 6) is -0.191. The zero-order valence-electron chi connectivity index (χ0n) is 13.2. The second-order valence-corrected chi connectivity index (χ2v) is 6.58. The van der Waals surface area contributed by atoms with Gasteiger partial charge in [0.05, 0.1) is 5.51 Å². The zero-order valence-corrected chi connectivity index (χ0v) is 14.0. The average molecular weight is 313 g/mol. The Hall–Kier alpha value is -1.63. The van der Waals surface area contributed by atoms with Gasteiger partial charge < -0.3 is 15.0 Å². The molecular formula is C14H23N3O3S. The van der Waals surface area contributed by atoms with Crippen LogP contribution in [0.4, 0.5) is 4.79 Å². The summed E-state index contributed by atoms with van der Waals surface area (Å²) in [4.78, 5) is 29.1. The molecule has 2 amide bonds. The van der Waals surface area contributed by atoms with E-state index in [9.17, 15) is 9.59 Å². The van der Waals surface area contributed by atoms with E-state index in [1.54, 1.807) is 22.8 Å². The van der Waals surface area contributed by atoms with Gasteiger partial charge in [0.25, 0.3) is 5.91 Å². The molecule has 1 atom stereocenters. The minimum absolute atomic E-state index is 0.0319. The molecule has 0 saturated heterocycles. The molecule has 1 heterocycles. The molecule has 1 rings (SSSR count). The van der Waals surface area contributed by atoms with Crippen molar-refractivity contribution in [1.82, 2.24) is 15.2 Å². The number of ether oxygens (including phenoxy) is 1. The van der Waals surface area contributed by atoms with E-state index in [0.717, 1.165) is 0 Å². The molecule has 0 aliphatic carbocycles. The van der Waals surface area contributed by atoms with Crippen LogP contribution in [-0.2, 0) is 4.74 Å². The lowest BCUT2D eigenvalue weighted by molar-refractivity contribution is 0.0230. The Balaban J connectivity index is 2.34. The molecule has 1 aromatic heterocycles. The second-order valence-electron chi connectivity index (χ2n) is 5.86. The number of hydrogen-bond donors (Lipinski definition) is 1. The summed E-state index contributed by atoms with van der Waals surface area (Å²) in [7, 11) is 1.70. The van der Waals surface area contributed by atoms with Gasteiger partial charge in [-0.25, -0.2) is 9.78 Å². The van der Waals surface area contributed by atoms with Gasteiger partial charge in [0, 0.05) is 25.0 Å². The van der Waals surface area contributed by atoms with Gasteiger partial charge in [-0.15, -0.1) is 11.3 Å². The predicted octanol–water partition coefficient (Wildman–Crippen LogP) is 2.52. The number of amides is 2. The third-order valence-electron chi connectivity index (χ3n) is 2.86.